The highest BCUT2D eigenvalue weighted by Crippen LogP contribution is 2.12. The third kappa shape index (κ3) is 3.47. The first-order valence-corrected chi connectivity index (χ1v) is 7.12. The van der Waals surface area contributed by atoms with Crippen LogP contribution in [0.1, 0.15) is 22.4 Å². The first kappa shape index (κ1) is 13.5. The van der Waals surface area contributed by atoms with Gasteiger partial charge in [-0.25, -0.2) is 4.98 Å². The minimum atomic E-state index is -0.177. The van der Waals surface area contributed by atoms with Crippen molar-refractivity contribution in [3.63, 3.8) is 0 Å². The molecule has 0 saturated heterocycles. The van der Waals surface area contributed by atoms with Crippen LogP contribution in [-0.4, -0.2) is 40.2 Å². The van der Waals surface area contributed by atoms with Gasteiger partial charge in [-0.1, -0.05) is 0 Å². The monoisotopic (exact) mass is 260 g/mol. The van der Waals surface area contributed by atoms with Crippen LogP contribution in [0, 0.1) is 6.92 Å². The van der Waals surface area contributed by atoms with Crippen LogP contribution in [-0.2, 0) is 0 Å². The van der Waals surface area contributed by atoms with Gasteiger partial charge in [0.2, 0.25) is 0 Å². The summed E-state index contributed by atoms with van der Waals surface area (Å²) in [6.45, 7) is 3.80. The molecule has 1 aromatic heterocycles. The van der Waals surface area contributed by atoms with Crippen molar-refractivity contribution in [2.24, 2.45) is 0 Å². The Labute approximate surface area is 103 Å². The number of thioether (sulfide) groups is 1. The van der Waals surface area contributed by atoms with Gasteiger partial charge in [-0.05, 0) is 20.1 Å². The lowest BCUT2D eigenvalue weighted by molar-refractivity contribution is 0.0931. The number of thiazole rings is 1. The van der Waals surface area contributed by atoms with E-state index in [1.165, 1.54) is 23.1 Å². The van der Waals surface area contributed by atoms with Gasteiger partial charge in [0, 0.05) is 16.7 Å². The Morgan fingerprint density at radius 3 is 2.88 bits per heavy atom. The van der Waals surface area contributed by atoms with E-state index in [2.05, 4.69) is 10.3 Å². The van der Waals surface area contributed by atoms with E-state index in [9.17, 15) is 4.79 Å². The SMILES string of the molecule is CSC(CO)C(C)NC(=O)c1csc(C)n1. The smallest absolute Gasteiger partial charge is 0.271 e. The van der Waals surface area contributed by atoms with Crippen LogP contribution in [0.2, 0.25) is 0 Å². The van der Waals surface area contributed by atoms with Gasteiger partial charge in [-0.15, -0.1) is 11.3 Å². The molecule has 0 fully saturated rings. The van der Waals surface area contributed by atoms with Gasteiger partial charge >= 0.3 is 0 Å². The third-order valence-corrected chi connectivity index (χ3v) is 4.19. The molecule has 0 saturated carbocycles. The fraction of sp³-hybridized carbons (Fsp3) is 0.600. The summed E-state index contributed by atoms with van der Waals surface area (Å²) in [6.07, 6.45) is 1.91. The summed E-state index contributed by atoms with van der Waals surface area (Å²) in [4.78, 5) is 15.9. The van der Waals surface area contributed by atoms with Crippen molar-refractivity contribution >= 4 is 29.0 Å². The molecule has 4 nitrogen and oxygen atoms in total. The molecule has 1 amide bonds. The Morgan fingerprint density at radius 2 is 2.44 bits per heavy atom. The Hall–Kier alpha value is -0.590. The number of amides is 1. The minimum Gasteiger partial charge on any atom is -0.395 e. The number of hydrogen-bond donors (Lipinski definition) is 2. The van der Waals surface area contributed by atoms with Crippen molar-refractivity contribution in [2.45, 2.75) is 25.1 Å². The molecule has 0 aliphatic carbocycles. The highest BCUT2D eigenvalue weighted by atomic mass is 32.2. The first-order chi connectivity index (χ1) is 7.58. The van der Waals surface area contributed by atoms with Crippen molar-refractivity contribution in [2.75, 3.05) is 12.9 Å². The van der Waals surface area contributed by atoms with Crippen molar-refractivity contribution in [1.82, 2.24) is 10.3 Å². The average Bonchev–Trinajstić information content (AvgIpc) is 2.66. The summed E-state index contributed by atoms with van der Waals surface area (Å²) in [5.41, 5.74) is 0.451. The maximum atomic E-state index is 11.7. The second-order valence-electron chi connectivity index (χ2n) is 3.47. The number of aromatic nitrogens is 1. The van der Waals surface area contributed by atoms with Crippen LogP contribution in [0.25, 0.3) is 0 Å². The van der Waals surface area contributed by atoms with Crippen molar-refractivity contribution in [3.05, 3.63) is 16.1 Å². The molecular formula is C10H16N2O2S2. The molecule has 1 aromatic rings. The van der Waals surface area contributed by atoms with Crippen LogP contribution in [0.4, 0.5) is 0 Å². The molecule has 1 heterocycles. The van der Waals surface area contributed by atoms with Crippen LogP contribution < -0.4 is 5.32 Å². The molecule has 6 heteroatoms. The lowest BCUT2D eigenvalue weighted by Crippen LogP contribution is -2.41. The molecule has 16 heavy (non-hydrogen) atoms. The number of hydrogen-bond acceptors (Lipinski definition) is 5. The Bertz CT molecular complexity index is 350. The quantitative estimate of drug-likeness (QED) is 0.837. The Kier molecular flexibility index (Phi) is 5.24. The molecule has 2 atom stereocenters. The summed E-state index contributed by atoms with van der Waals surface area (Å²) in [6, 6.07) is -0.0745. The third-order valence-electron chi connectivity index (χ3n) is 2.25. The Morgan fingerprint density at radius 1 is 1.75 bits per heavy atom. The largest absolute Gasteiger partial charge is 0.395 e. The van der Waals surface area contributed by atoms with Crippen molar-refractivity contribution in [3.8, 4) is 0 Å². The van der Waals surface area contributed by atoms with E-state index in [1.54, 1.807) is 5.38 Å². The van der Waals surface area contributed by atoms with Gasteiger partial charge in [-0.3, -0.25) is 4.79 Å². The second-order valence-corrected chi connectivity index (χ2v) is 5.61. The summed E-state index contributed by atoms with van der Waals surface area (Å²) < 4.78 is 0. The lowest BCUT2D eigenvalue weighted by atomic mass is 10.2. The summed E-state index contributed by atoms with van der Waals surface area (Å²) in [5, 5.41) is 14.6. The predicted molar refractivity (Wildman–Crippen MR) is 68.2 cm³/mol. The van der Waals surface area contributed by atoms with E-state index in [-0.39, 0.29) is 23.8 Å². The topological polar surface area (TPSA) is 62.2 Å². The van der Waals surface area contributed by atoms with E-state index < -0.39 is 0 Å². The molecule has 0 aromatic carbocycles. The lowest BCUT2D eigenvalue weighted by Gasteiger charge is -2.20. The number of rotatable bonds is 5. The van der Waals surface area contributed by atoms with Crippen LogP contribution in [0.15, 0.2) is 5.38 Å². The second kappa shape index (κ2) is 6.22. The zero-order valence-electron chi connectivity index (χ0n) is 9.56. The number of carbonyl (C=O) groups is 1. The van der Waals surface area contributed by atoms with Gasteiger partial charge in [0.05, 0.1) is 11.6 Å². The zero-order valence-corrected chi connectivity index (χ0v) is 11.2. The van der Waals surface area contributed by atoms with Crippen LogP contribution in [0.5, 0.6) is 0 Å². The highest BCUT2D eigenvalue weighted by molar-refractivity contribution is 7.99. The maximum absolute atomic E-state index is 11.7. The fourth-order valence-corrected chi connectivity index (χ4v) is 2.50. The zero-order chi connectivity index (χ0) is 12.1. The molecule has 2 unspecified atom stereocenters. The molecule has 0 spiro atoms. The van der Waals surface area contributed by atoms with E-state index >= 15 is 0 Å². The normalized spacial score (nSPS) is 14.5. The molecule has 0 radical (unpaired) electrons. The standard InChI is InChI=1S/C10H16N2O2S2/c1-6(9(4-13)15-3)11-10(14)8-5-16-7(2)12-8/h5-6,9,13H,4H2,1-3H3,(H,11,14). The number of aliphatic hydroxyl groups excluding tert-OH is 1. The fourth-order valence-electron chi connectivity index (χ4n) is 1.28. The molecule has 1 rings (SSSR count). The highest BCUT2D eigenvalue weighted by Gasteiger charge is 2.19. The molecule has 2 N–H and O–H groups in total. The number of carbonyl (C=O) groups excluding carboxylic acids is 1. The number of nitrogens with one attached hydrogen (secondary N) is 1. The van der Waals surface area contributed by atoms with E-state index in [4.69, 9.17) is 5.11 Å². The minimum absolute atomic E-state index is 0.0173. The number of aryl methyl sites for hydroxylation is 1. The van der Waals surface area contributed by atoms with Gasteiger partial charge < -0.3 is 10.4 Å². The summed E-state index contributed by atoms with van der Waals surface area (Å²) in [7, 11) is 0. The van der Waals surface area contributed by atoms with Crippen LogP contribution in [0.3, 0.4) is 0 Å². The number of nitrogens with zero attached hydrogens (tertiary/aromatic N) is 1. The van der Waals surface area contributed by atoms with Gasteiger partial charge in [0.1, 0.15) is 5.69 Å². The number of aliphatic hydroxyl groups is 1. The van der Waals surface area contributed by atoms with Crippen LogP contribution >= 0.6 is 23.1 Å². The summed E-state index contributed by atoms with van der Waals surface area (Å²) in [5.74, 6) is -0.177. The molecule has 0 aliphatic rings. The molecular weight excluding hydrogens is 244 g/mol. The average molecular weight is 260 g/mol. The van der Waals surface area contributed by atoms with Gasteiger partial charge in [0.15, 0.2) is 0 Å². The predicted octanol–water partition coefficient (Wildman–Crippen LogP) is 1.29. The molecule has 90 valence electrons. The Balaban J connectivity index is 2.57. The summed E-state index contributed by atoms with van der Waals surface area (Å²) >= 11 is 2.99. The maximum Gasteiger partial charge on any atom is 0.271 e. The molecule has 0 aliphatic heterocycles. The van der Waals surface area contributed by atoms with Gasteiger partial charge in [-0.2, -0.15) is 11.8 Å². The molecule has 0 bridgehead atoms. The van der Waals surface area contributed by atoms with Gasteiger partial charge in [0.25, 0.3) is 5.91 Å². The van der Waals surface area contributed by atoms with E-state index in [1.807, 2.05) is 20.1 Å². The van der Waals surface area contributed by atoms with E-state index in [0.717, 1.165) is 5.01 Å². The van der Waals surface area contributed by atoms with Crippen molar-refractivity contribution in [1.29, 1.82) is 0 Å². The van der Waals surface area contributed by atoms with Crippen molar-refractivity contribution < 1.29 is 9.90 Å². The first-order valence-electron chi connectivity index (χ1n) is 4.95. The van der Waals surface area contributed by atoms with E-state index in [0.29, 0.717) is 5.69 Å².